The number of carboxylic acid groups (broad SMARTS) is 1. The average molecular weight is 277 g/mol. The van der Waals surface area contributed by atoms with Crippen molar-refractivity contribution in [3.8, 4) is 0 Å². The average Bonchev–Trinajstić information content (AvgIpc) is 2.90. The monoisotopic (exact) mass is 277 g/mol. The lowest BCUT2D eigenvalue weighted by atomic mass is 10.2. The lowest BCUT2D eigenvalue weighted by Gasteiger charge is -2.21. The molecule has 1 unspecified atom stereocenters. The lowest BCUT2D eigenvalue weighted by molar-refractivity contribution is -0.130. The lowest BCUT2D eigenvalue weighted by Crippen LogP contribution is -2.39. The number of aryl methyl sites for hydroxylation is 1. The molecule has 1 aliphatic heterocycles. The molecule has 1 amide bonds. The molecule has 0 aromatic carbocycles. The van der Waals surface area contributed by atoms with Crippen LogP contribution in [0.5, 0.6) is 0 Å². The number of carbonyl (C=O) groups is 2. The van der Waals surface area contributed by atoms with Crippen molar-refractivity contribution in [1.82, 2.24) is 9.88 Å². The predicted molar refractivity (Wildman–Crippen MR) is 74.8 cm³/mol. The van der Waals surface area contributed by atoms with E-state index < -0.39 is 12.0 Å². The fourth-order valence-electron chi connectivity index (χ4n) is 2.36. The summed E-state index contributed by atoms with van der Waals surface area (Å²) in [5, 5.41) is 12.0. The quantitative estimate of drug-likeness (QED) is 0.871. The summed E-state index contributed by atoms with van der Waals surface area (Å²) < 4.78 is 0. The number of hydrogen-bond donors (Lipinski definition) is 2. The Morgan fingerprint density at radius 1 is 1.35 bits per heavy atom. The van der Waals surface area contributed by atoms with Crippen molar-refractivity contribution in [1.29, 1.82) is 0 Å². The Balaban J connectivity index is 2.08. The van der Waals surface area contributed by atoms with Gasteiger partial charge in [0.25, 0.3) is 0 Å². The molecule has 2 rings (SSSR count). The molecule has 6 nitrogen and oxygen atoms in total. The number of nitrogens with one attached hydrogen (secondary N) is 1. The molecular weight excluding hydrogens is 258 g/mol. The maximum Gasteiger partial charge on any atom is 0.335 e. The fraction of sp³-hybridized carbons (Fsp3) is 0.500. The highest BCUT2D eigenvalue weighted by Crippen LogP contribution is 2.14. The second-order valence-electron chi connectivity index (χ2n) is 5.09. The van der Waals surface area contributed by atoms with Gasteiger partial charge < -0.3 is 15.3 Å². The van der Waals surface area contributed by atoms with Gasteiger partial charge in [0.05, 0.1) is 5.56 Å². The van der Waals surface area contributed by atoms with E-state index in [1.165, 1.54) is 12.1 Å². The number of amides is 1. The summed E-state index contributed by atoms with van der Waals surface area (Å²) >= 11 is 0. The standard InChI is InChI=1S/C14H19N3O3/c1-9-7-11(14(19)20)8-12(15-9)16-10(2)13(18)17-5-3-4-6-17/h7-8,10H,3-6H2,1-2H3,(H,15,16)(H,19,20). The second kappa shape index (κ2) is 5.90. The number of pyridine rings is 1. The number of likely N-dealkylation sites (tertiary alicyclic amines) is 1. The summed E-state index contributed by atoms with van der Waals surface area (Å²) in [6.45, 7) is 5.09. The molecule has 0 radical (unpaired) electrons. The summed E-state index contributed by atoms with van der Waals surface area (Å²) in [6.07, 6.45) is 2.09. The summed E-state index contributed by atoms with van der Waals surface area (Å²) in [5.74, 6) is -0.554. The number of nitrogens with zero attached hydrogens (tertiary/aromatic N) is 2. The maximum atomic E-state index is 12.2. The van der Waals surface area contributed by atoms with Crippen molar-refractivity contribution < 1.29 is 14.7 Å². The van der Waals surface area contributed by atoms with Crippen LogP contribution in [-0.2, 0) is 4.79 Å². The number of aromatic nitrogens is 1. The SMILES string of the molecule is Cc1cc(C(=O)O)cc(NC(C)C(=O)N2CCCC2)n1. The zero-order valence-corrected chi connectivity index (χ0v) is 11.7. The van der Waals surface area contributed by atoms with Gasteiger partial charge in [0, 0.05) is 18.8 Å². The van der Waals surface area contributed by atoms with E-state index in [9.17, 15) is 9.59 Å². The van der Waals surface area contributed by atoms with E-state index in [2.05, 4.69) is 10.3 Å². The van der Waals surface area contributed by atoms with E-state index in [4.69, 9.17) is 5.11 Å². The Hall–Kier alpha value is -2.11. The molecular formula is C14H19N3O3. The minimum atomic E-state index is -1.00. The van der Waals surface area contributed by atoms with Gasteiger partial charge in [0.15, 0.2) is 0 Å². The van der Waals surface area contributed by atoms with Crippen molar-refractivity contribution in [2.75, 3.05) is 18.4 Å². The smallest absolute Gasteiger partial charge is 0.335 e. The van der Waals surface area contributed by atoms with Gasteiger partial charge in [-0.05, 0) is 38.8 Å². The van der Waals surface area contributed by atoms with Gasteiger partial charge in [-0.3, -0.25) is 4.79 Å². The highest BCUT2D eigenvalue weighted by Gasteiger charge is 2.23. The van der Waals surface area contributed by atoms with Crippen molar-refractivity contribution in [3.63, 3.8) is 0 Å². The van der Waals surface area contributed by atoms with Gasteiger partial charge in [-0.15, -0.1) is 0 Å². The van der Waals surface area contributed by atoms with Crippen LogP contribution in [0.25, 0.3) is 0 Å². The molecule has 1 aromatic rings. The van der Waals surface area contributed by atoms with Gasteiger partial charge in [-0.1, -0.05) is 0 Å². The summed E-state index contributed by atoms with van der Waals surface area (Å²) in [6, 6.07) is 2.54. The zero-order valence-electron chi connectivity index (χ0n) is 11.7. The molecule has 1 saturated heterocycles. The molecule has 1 atom stereocenters. The van der Waals surface area contributed by atoms with Crippen LogP contribution in [-0.4, -0.2) is 46.0 Å². The van der Waals surface area contributed by atoms with E-state index >= 15 is 0 Å². The van der Waals surface area contributed by atoms with Crippen LogP contribution in [0.15, 0.2) is 12.1 Å². The van der Waals surface area contributed by atoms with Crippen LogP contribution in [0.2, 0.25) is 0 Å². The van der Waals surface area contributed by atoms with Crippen molar-refractivity contribution >= 4 is 17.7 Å². The Bertz CT molecular complexity index is 524. The summed E-state index contributed by atoms with van der Waals surface area (Å²) in [7, 11) is 0. The Labute approximate surface area is 117 Å². The number of carbonyl (C=O) groups excluding carboxylic acids is 1. The first kappa shape index (κ1) is 14.3. The minimum Gasteiger partial charge on any atom is -0.478 e. The van der Waals surface area contributed by atoms with Gasteiger partial charge in [0.1, 0.15) is 11.9 Å². The Kier molecular flexibility index (Phi) is 4.22. The molecule has 1 aromatic heterocycles. The van der Waals surface area contributed by atoms with Crippen molar-refractivity contribution in [2.24, 2.45) is 0 Å². The summed E-state index contributed by atoms with van der Waals surface area (Å²) in [5.41, 5.74) is 0.772. The number of anilines is 1. The van der Waals surface area contributed by atoms with E-state index in [1.54, 1.807) is 13.8 Å². The Morgan fingerprint density at radius 2 is 2.00 bits per heavy atom. The largest absolute Gasteiger partial charge is 0.478 e. The first-order valence-electron chi connectivity index (χ1n) is 6.74. The molecule has 2 N–H and O–H groups in total. The first-order chi connectivity index (χ1) is 9.47. The van der Waals surface area contributed by atoms with Crippen molar-refractivity contribution in [3.05, 3.63) is 23.4 Å². The van der Waals surface area contributed by atoms with Crippen LogP contribution in [0.1, 0.15) is 35.8 Å². The zero-order chi connectivity index (χ0) is 14.7. The molecule has 20 heavy (non-hydrogen) atoms. The molecule has 0 aliphatic carbocycles. The van der Waals surface area contributed by atoms with Gasteiger partial charge in [0.2, 0.25) is 5.91 Å². The number of rotatable bonds is 4. The molecule has 1 fully saturated rings. The topological polar surface area (TPSA) is 82.5 Å². The van der Waals surface area contributed by atoms with Gasteiger partial charge >= 0.3 is 5.97 Å². The normalized spacial score (nSPS) is 16.0. The van der Waals surface area contributed by atoms with E-state index in [1.807, 2.05) is 4.90 Å². The number of aromatic carboxylic acids is 1. The highest BCUT2D eigenvalue weighted by molar-refractivity contribution is 5.89. The van der Waals surface area contributed by atoms with Gasteiger partial charge in [-0.2, -0.15) is 0 Å². The number of hydrogen-bond acceptors (Lipinski definition) is 4. The fourth-order valence-corrected chi connectivity index (χ4v) is 2.36. The van der Waals surface area contributed by atoms with Crippen LogP contribution >= 0.6 is 0 Å². The molecule has 6 heteroatoms. The van der Waals surface area contributed by atoms with Gasteiger partial charge in [-0.25, -0.2) is 9.78 Å². The van der Waals surface area contributed by atoms with E-state index in [0.717, 1.165) is 25.9 Å². The first-order valence-corrected chi connectivity index (χ1v) is 6.74. The second-order valence-corrected chi connectivity index (χ2v) is 5.09. The van der Waals surface area contributed by atoms with Crippen LogP contribution < -0.4 is 5.32 Å². The molecule has 0 spiro atoms. The minimum absolute atomic E-state index is 0.0303. The highest BCUT2D eigenvalue weighted by atomic mass is 16.4. The summed E-state index contributed by atoms with van der Waals surface area (Å²) in [4.78, 5) is 29.2. The van der Waals surface area contributed by atoms with Crippen LogP contribution in [0.3, 0.4) is 0 Å². The third kappa shape index (κ3) is 3.26. The van der Waals surface area contributed by atoms with E-state index in [-0.39, 0.29) is 11.5 Å². The molecule has 1 aliphatic rings. The van der Waals surface area contributed by atoms with Crippen LogP contribution in [0.4, 0.5) is 5.82 Å². The predicted octanol–water partition coefficient (Wildman–Crippen LogP) is 1.51. The van der Waals surface area contributed by atoms with Crippen LogP contribution in [0, 0.1) is 6.92 Å². The van der Waals surface area contributed by atoms with Crippen molar-refractivity contribution in [2.45, 2.75) is 32.7 Å². The Morgan fingerprint density at radius 3 is 2.60 bits per heavy atom. The molecule has 0 saturated carbocycles. The third-order valence-corrected chi connectivity index (χ3v) is 3.35. The van der Waals surface area contributed by atoms with E-state index in [0.29, 0.717) is 11.5 Å². The molecule has 0 bridgehead atoms. The molecule has 2 heterocycles. The number of carboxylic acids is 1. The molecule has 108 valence electrons. The maximum absolute atomic E-state index is 12.2. The third-order valence-electron chi connectivity index (χ3n) is 3.35.